The van der Waals surface area contributed by atoms with Crippen LogP contribution in [0.3, 0.4) is 0 Å². The van der Waals surface area contributed by atoms with Crippen molar-refractivity contribution in [3.05, 3.63) is 24.3 Å². The summed E-state index contributed by atoms with van der Waals surface area (Å²) in [7, 11) is -1.82. The zero-order valence-corrected chi connectivity index (χ0v) is 14.5. The highest BCUT2D eigenvalue weighted by molar-refractivity contribution is 7.89. The van der Waals surface area contributed by atoms with Gasteiger partial charge in [-0.3, -0.25) is 0 Å². The average molecular weight is 339 g/mol. The largest absolute Gasteiger partial charge is 0.338 e. The van der Waals surface area contributed by atoms with Crippen molar-refractivity contribution in [2.45, 2.75) is 50.0 Å². The van der Waals surface area contributed by atoms with Crippen LogP contribution in [-0.2, 0) is 10.0 Å². The molecule has 0 heterocycles. The van der Waals surface area contributed by atoms with Gasteiger partial charge in [-0.25, -0.2) is 13.2 Å². The number of rotatable bonds is 8. The molecule has 0 atom stereocenters. The summed E-state index contributed by atoms with van der Waals surface area (Å²) in [6.07, 6.45) is 4.99. The van der Waals surface area contributed by atoms with E-state index in [2.05, 4.69) is 17.6 Å². The number of nitrogens with zero attached hydrogens (tertiary/aromatic N) is 1. The lowest BCUT2D eigenvalue weighted by Crippen LogP contribution is -2.30. The first-order valence-corrected chi connectivity index (χ1v) is 9.52. The SMILES string of the molecule is CCCCCNC(=O)Nc1ccc(S(=O)(=O)N(C)C2CC2)cc1. The second kappa shape index (κ2) is 7.79. The molecule has 1 aromatic carbocycles. The van der Waals surface area contributed by atoms with Crippen LogP contribution in [0.15, 0.2) is 29.2 Å². The Morgan fingerprint density at radius 3 is 2.43 bits per heavy atom. The van der Waals surface area contributed by atoms with Gasteiger partial charge in [-0.2, -0.15) is 4.31 Å². The number of nitrogens with one attached hydrogen (secondary N) is 2. The van der Waals surface area contributed by atoms with Gasteiger partial charge in [0, 0.05) is 25.3 Å². The van der Waals surface area contributed by atoms with E-state index in [4.69, 9.17) is 0 Å². The number of carbonyl (C=O) groups excluding carboxylic acids is 1. The predicted molar refractivity (Wildman–Crippen MR) is 91.0 cm³/mol. The first-order chi connectivity index (χ1) is 10.9. The fraction of sp³-hybridized carbons (Fsp3) is 0.562. The Morgan fingerprint density at radius 2 is 1.87 bits per heavy atom. The van der Waals surface area contributed by atoms with Gasteiger partial charge in [-0.05, 0) is 43.5 Å². The van der Waals surface area contributed by atoms with Gasteiger partial charge in [-0.15, -0.1) is 0 Å². The second-order valence-electron chi connectivity index (χ2n) is 5.86. The van der Waals surface area contributed by atoms with Gasteiger partial charge in [0.25, 0.3) is 0 Å². The van der Waals surface area contributed by atoms with Crippen molar-refractivity contribution >= 4 is 21.7 Å². The number of urea groups is 1. The maximum Gasteiger partial charge on any atom is 0.319 e. The summed E-state index contributed by atoms with van der Waals surface area (Å²) >= 11 is 0. The van der Waals surface area contributed by atoms with Crippen molar-refractivity contribution in [3.8, 4) is 0 Å². The fourth-order valence-electron chi connectivity index (χ4n) is 2.26. The summed E-state index contributed by atoms with van der Waals surface area (Å²) in [5.74, 6) is 0. The van der Waals surface area contributed by atoms with Gasteiger partial charge in [0.1, 0.15) is 0 Å². The molecule has 2 rings (SSSR count). The minimum absolute atomic E-state index is 0.131. The smallest absolute Gasteiger partial charge is 0.319 e. The summed E-state index contributed by atoms with van der Waals surface area (Å²) in [4.78, 5) is 12.0. The van der Waals surface area contributed by atoms with Crippen LogP contribution in [0, 0.1) is 0 Å². The molecule has 1 aromatic rings. The Balaban J connectivity index is 1.90. The number of anilines is 1. The van der Waals surface area contributed by atoms with Crippen LogP contribution in [0.1, 0.15) is 39.0 Å². The molecule has 23 heavy (non-hydrogen) atoms. The van der Waals surface area contributed by atoms with Gasteiger partial charge in [-0.1, -0.05) is 19.8 Å². The number of sulfonamides is 1. The third-order valence-corrected chi connectivity index (χ3v) is 5.84. The molecule has 2 N–H and O–H groups in total. The van der Waals surface area contributed by atoms with Gasteiger partial charge in [0.2, 0.25) is 10.0 Å². The fourth-order valence-corrected chi connectivity index (χ4v) is 3.68. The Labute approximate surface area is 138 Å². The third-order valence-electron chi connectivity index (χ3n) is 3.92. The summed E-state index contributed by atoms with van der Waals surface area (Å²) in [6, 6.07) is 6.14. The van der Waals surface area contributed by atoms with Crippen molar-refractivity contribution in [2.24, 2.45) is 0 Å². The number of benzene rings is 1. The molecule has 0 unspecified atom stereocenters. The van der Waals surface area contributed by atoms with E-state index in [-0.39, 0.29) is 17.0 Å². The monoisotopic (exact) mass is 339 g/mol. The van der Waals surface area contributed by atoms with Gasteiger partial charge < -0.3 is 10.6 Å². The van der Waals surface area contributed by atoms with E-state index in [0.717, 1.165) is 32.1 Å². The van der Waals surface area contributed by atoms with Crippen LogP contribution in [0.4, 0.5) is 10.5 Å². The minimum Gasteiger partial charge on any atom is -0.338 e. The van der Waals surface area contributed by atoms with Crippen LogP contribution in [-0.4, -0.2) is 38.4 Å². The lowest BCUT2D eigenvalue weighted by atomic mass is 10.2. The molecule has 0 bridgehead atoms. The number of carbonyl (C=O) groups is 1. The highest BCUT2D eigenvalue weighted by Gasteiger charge is 2.34. The molecular weight excluding hydrogens is 314 g/mol. The molecule has 2 amide bonds. The van der Waals surface area contributed by atoms with E-state index in [0.29, 0.717) is 12.2 Å². The Kier molecular flexibility index (Phi) is 6.01. The van der Waals surface area contributed by atoms with Crippen molar-refractivity contribution < 1.29 is 13.2 Å². The molecule has 0 spiro atoms. The summed E-state index contributed by atoms with van der Waals surface area (Å²) in [5, 5.41) is 5.48. The first kappa shape index (κ1) is 17.7. The van der Waals surface area contributed by atoms with Crippen molar-refractivity contribution in [2.75, 3.05) is 18.9 Å². The highest BCUT2D eigenvalue weighted by atomic mass is 32.2. The Hall–Kier alpha value is -1.60. The number of hydrogen-bond donors (Lipinski definition) is 2. The quantitative estimate of drug-likeness (QED) is 0.715. The zero-order valence-electron chi connectivity index (χ0n) is 13.7. The molecule has 1 aliphatic rings. The second-order valence-corrected chi connectivity index (χ2v) is 7.86. The number of amides is 2. The van der Waals surface area contributed by atoms with Crippen molar-refractivity contribution in [1.29, 1.82) is 0 Å². The Morgan fingerprint density at radius 1 is 1.22 bits per heavy atom. The van der Waals surface area contributed by atoms with E-state index < -0.39 is 10.0 Å². The molecule has 1 saturated carbocycles. The number of unbranched alkanes of at least 4 members (excludes halogenated alkanes) is 2. The van der Waals surface area contributed by atoms with Crippen LogP contribution in [0.25, 0.3) is 0 Å². The van der Waals surface area contributed by atoms with E-state index in [1.165, 1.54) is 16.4 Å². The lowest BCUT2D eigenvalue weighted by Gasteiger charge is -2.16. The maximum atomic E-state index is 12.4. The summed E-state index contributed by atoms with van der Waals surface area (Å²) in [5.41, 5.74) is 0.575. The Bertz CT molecular complexity index is 624. The molecule has 6 nitrogen and oxygen atoms in total. The molecule has 0 radical (unpaired) electrons. The van der Waals surface area contributed by atoms with Gasteiger partial charge in [0.15, 0.2) is 0 Å². The van der Waals surface area contributed by atoms with Gasteiger partial charge in [0.05, 0.1) is 4.90 Å². The van der Waals surface area contributed by atoms with Crippen LogP contribution in [0.5, 0.6) is 0 Å². The van der Waals surface area contributed by atoms with E-state index in [9.17, 15) is 13.2 Å². The normalized spacial score (nSPS) is 14.7. The van der Waals surface area contributed by atoms with E-state index in [1.807, 2.05) is 0 Å². The number of hydrogen-bond acceptors (Lipinski definition) is 3. The third kappa shape index (κ3) is 4.94. The van der Waals surface area contributed by atoms with Crippen molar-refractivity contribution in [3.63, 3.8) is 0 Å². The molecule has 0 aromatic heterocycles. The van der Waals surface area contributed by atoms with Crippen LogP contribution >= 0.6 is 0 Å². The van der Waals surface area contributed by atoms with Crippen molar-refractivity contribution in [1.82, 2.24) is 9.62 Å². The molecule has 128 valence electrons. The lowest BCUT2D eigenvalue weighted by molar-refractivity contribution is 0.252. The highest BCUT2D eigenvalue weighted by Crippen LogP contribution is 2.30. The first-order valence-electron chi connectivity index (χ1n) is 8.08. The van der Waals surface area contributed by atoms with Crippen LogP contribution in [0.2, 0.25) is 0 Å². The predicted octanol–water partition coefficient (Wildman–Crippen LogP) is 2.78. The topological polar surface area (TPSA) is 78.5 Å². The van der Waals surface area contributed by atoms with Crippen LogP contribution < -0.4 is 10.6 Å². The standard InChI is InChI=1S/C16H25N3O3S/c1-3-4-5-12-17-16(20)18-13-6-10-15(11-7-13)23(21,22)19(2)14-8-9-14/h6-7,10-11,14H,3-5,8-9,12H2,1-2H3,(H2,17,18,20). The molecular formula is C16H25N3O3S. The molecule has 7 heteroatoms. The average Bonchev–Trinajstić information content (AvgIpc) is 3.36. The molecule has 0 aliphatic heterocycles. The van der Waals surface area contributed by atoms with E-state index in [1.54, 1.807) is 19.2 Å². The van der Waals surface area contributed by atoms with E-state index >= 15 is 0 Å². The summed E-state index contributed by atoms with van der Waals surface area (Å²) in [6.45, 7) is 2.74. The molecule has 1 aliphatic carbocycles. The molecule has 0 saturated heterocycles. The minimum atomic E-state index is -3.44. The molecule has 1 fully saturated rings. The summed E-state index contributed by atoms with van der Waals surface area (Å²) < 4.78 is 26.2. The van der Waals surface area contributed by atoms with Gasteiger partial charge >= 0.3 is 6.03 Å². The maximum absolute atomic E-state index is 12.4. The zero-order chi connectivity index (χ0) is 16.9.